The second-order valence-corrected chi connectivity index (χ2v) is 6.22. The Balaban J connectivity index is -0.000000366. The molecule has 0 amide bonds. The topological polar surface area (TPSA) is 82.1 Å². The van der Waals surface area contributed by atoms with Gasteiger partial charge in [-0.25, -0.2) is 0 Å². The average Bonchev–Trinajstić information content (AvgIpc) is 2.16. The van der Waals surface area contributed by atoms with E-state index >= 15 is 0 Å². The molecule has 0 bridgehead atoms. The number of allylic oxidation sites excluding steroid dienone is 2. The Morgan fingerprint density at radius 3 is 1.47 bits per heavy atom. The molecule has 0 spiro atoms. The summed E-state index contributed by atoms with van der Waals surface area (Å²) in [5.41, 5.74) is -0.613. The number of hydrogen-bond acceptors (Lipinski definition) is 3. The fourth-order valence-corrected chi connectivity index (χ4v) is 0.633. The van der Waals surface area contributed by atoms with E-state index in [0.29, 0.717) is 6.42 Å². The van der Waals surface area contributed by atoms with Crippen LogP contribution in [0.2, 0.25) is 0 Å². The molecule has 0 aromatic heterocycles. The average molecular weight is 353 g/mol. The zero-order valence-corrected chi connectivity index (χ0v) is 15.4. The summed E-state index contributed by atoms with van der Waals surface area (Å²) in [5.74, 6) is 0.417. The van der Waals surface area contributed by atoms with Crippen molar-refractivity contribution in [1.82, 2.24) is 0 Å². The summed E-state index contributed by atoms with van der Waals surface area (Å²) in [7, 11) is 0. The minimum atomic E-state index is -0.306. The minimum absolute atomic E-state index is 0. The summed E-state index contributed by atoms with van der Waals surface area (Å²) in [4.78, 5) is 9.60. The van der Waals surface area contributed by atoms with Gasteiger partial charge in [-0.3, -0.25) is 4.79 Å². The number of ketones is 1. The van der Waals surface area contributed by atoms with Gasteiger partial charge in [0.1, 0.15) is 5.76 Å². The van der Waals surface area contributed by atoms with Gasteiger partial charge in [0.2, 0.25) is 0 Å². The SMILES string of the molecule is CC(C)(C)C(=[OH+])/C=C(\O)C(C)(C)C.OCCCO.[Zr]. The van der Waals surface area contributed by atoms with E-state index in [1.807, 2.05) is 41.5 Å². The van der Waals surface area contributed by atoms with Gasteiger partial charge in [0.25, 0.3) is 0 Å². The molecule has 4 N–H and O–H groups in total. The number of aliphatic hydroxyl groups excluding tert-OH is 3. The van der Waals surface area contributed by atoms with E-state index < -0.39 is 0 Å². The molecule has 0 heterocycles. The Bertz CT molecular complexity index is 270. The zero-order valence-electron chi connectivity index (χ0n) is 13.0. The van der Waals surface area contributed by atoms with Gasteiger partial charge in [0.15, 0.2) is 0 Å². The second-order valence-electron chi connectivity index (χ2n) is 6.22. The predicted molar refractivity (Wildman–Crippen MR) is 75.4 cm³/mol. The van der Waals surface area contributed by atoms with Crippen molar-refractivity contribution in [3.8, 4) is 0 Å². The maximum atomic E-state index is 9.60. The zero-order chi connectivity index (χ0) is 15.0. The normalized spacial score (nSPS) is 12.1. The van der Waals surface area contributed by atoms with Crippen LogP contribution in [0.1, 0.15) is 48.0 Å². The smallest absolute Gasteiger partial charge is 0.325 e. The van der Waals surface area contributed by atoms with Crippen LogP contribution in [0.4, 0.5) is 0 Å². The van der Waals surface area contributed by atoms with E-state index in [1.165, 1.54) is 6.08 Å². The summed E-state index contributed by atoms with van der Waals surface area (Å²) < 4.78 is 0. The molecular formula is C14H29O4Zr+. The van der Waals surface area contributed by atoms with Crippen LogP contribution in [0.3, 0.4) is 0 Å². The van der Waals surface area contributed by atoms with Crippen LogP contribution in [-0.2, 0) is 26.2 Å². The molecule has 112 valence electrons. The first kappa shape index (κ1) is 24.1. The van der Waals surface area contributed by atoms with Crippen molar-refractivity contribution in [3.63, 3.8) is 0 Å². The van der Waals surface area contributed by atoms with E-state index in [-0.39, 0.29) is 61.8 Å². The Morgan fingerprint density at radius 1 is 0.947 bits per heavy atom. The fourth-order valence-electron chi connectivity index (χ4n) is 0.633. The van der Waals surface area contributed by atoms with Crippen LogP contribution < -0.4 is 0 Å². The van der Waals surface area contributed by atoms with Gasteiger partial charge in [0, 0.05) is 44.8 Å². The van der Waals surface area contributed by atoms with Gasteiger partial charge in [-0.1, -0.05) is 20.8 Å². The van der Waals surface area contributed by atoms with Crippen molar-refractivity contribution >= 4 is 5.78 Å². The van der Waals surface area contributed by atoms with Crippen LogP contribution in [-0.4, -0.2) is 39.1 Å². The van der Waals surface area contributed by atoms with Crippen molar-refractivity contribution in [1.29, 1.82) is 0 Å². The van der Waals surface area contributed by atoms with E-state index in [9.17, 15) is 9.90 Å². The number of carbonyl (C=O) groups excluding carboxylic acids is 1. The Morgan fingerprint density at radius 2 is 1.32 bits per heavy atom. The van der Waals surface area contributed by atoms with Crippen LogP contribution in [0, 0.1) is 10.8 Å². The molecule has 0 fully saturated rings. The fraction of sp³-hybridized carbons (Fsp3) is 0.786. The van der Waals surface area contributed by atoms with Crippen LogP contribution >= 0.6 is 0 Å². The van der Waals surface area contributed by atoms with Gasteiger partial charge in [-0.05, 0) is 27.2 Å². The molecule has 0 aromatic rings. The third-order valence-electron chi connectivity index (χ3n) is 2.13. The van der Waals surface area contributed by atoms with Crippen molar-refractivity contribution in [2.75, 3.05) is 13.2 Å². The van der Waals surface area contributed by atoms with Gasteiger partial charge in [0.05, 0.1) is 11.5 Å². The van der Waals surface area contributed by atoms with Crippen molar-refractivity contribution in [2.45, 2.75) is 48.0 Å². The van der Waals surface area contributed by atoms with Gasteiger partial charge in [-0.15, -0.1) is 0 Å². The largest absolute Gasteiger partial charge is 0.511 e. The Labute approximate surface area is 136 Å². The second kappa shape index (κ2) is 10.8. The van der Waals surface area contributed by atoms with Crippen molar-refractivity contribution in [2.24, 2.45) is 10.8 Å². The summed E-state index contributed by atoms with van der Waals surface area (Å²) in [5, 5.41) is 25.4. The molecule has 5 heteroatoms. The van der Waals surface area contributed by atoms with E-state index in [0.717, 1.165) is 0 Å². The molecule has 0 saturated carbocycles. The molecule has 19 heavy (non-hydrogen) atoms. The van der Waals surface area contributed by atoms with E-state index in [2.05, 4.69) is 0 Å². The van der Waals surface area contributed by atoms with Gasteiger partial charge < -0.3 is 15.3 Å². The van der Waals surface area contributed by atoms with Crippen molar-refractivity contribution in [3.05, 3.63) is 11.8 Å². The Kier molecular flexibility index (Phi) is 13.6. The van der Waals surface area contributed by atoms with Gasteiger partial charge >= 0.3 is 5.78 Å². The van der Waals surface area contributed by atoms with E-state index in [1.54, 1.807) is 0 Å². The molecule has 0 aliphatic heterocycles. The summed E-state index contributed by atoms with van der Waals surface area (Å²) in [6.45, 7) is 11.6. The summed E-state index contributed by atoms with van der Waals surface area (Å²) in [6, 6.07) is 0. The summed E-state index contributed by atoms with van der Waals surface area (Å²) in [6.07, 6.45) is 1.94. The standard InChI is InChI=1S/C11H20O2.C3H8O2.Zr/c1-10(2,3)8(12)7-9(13)11(4,5)6;4-2-1-3-5;/h7,12H,1-6H3;4-5H,1-3H2;/p+1/b8-7-;;. The maximum absolute atomic E-state index is 9.60. The van der Waals surface area contributed by atoms with Crippen LogP contribution in [0.5, 0.6) is 0 Å². The van der Waals surface area contributed by atoms with E-state index in [4.69, 9.17) is 10.2 Å². The number of aliphatic hydroxyl groups is 3. The maximum Gasteiger partial charge on any atom is 0.325 e. The first-order valence-corrected chi connectivity index (χ1v) is 6.16. The minimum Gasteiger partial charge on any atom is -0.511 e. The molecule has 4 nitrogen and oxygen atoms in total. The number of hydrogen-bond donors (Lipinski definition) is 3. The molecule has 0 aromatic carbocycles. The first-order valence-electron chi connectivity index (χ1n) is 6.16. The predicted octanol–water partition coefficient (Wildman–Crippen LogP) is 2.42. The molecular weight excluding hydrogens is 323 g/mol. The molecule has 0 saturated heterocycles. The molecule has 0 aliphatic carbocycles. The summed E-state index contributed by atoms with van der Waals surface area (Å²) >= 11 is 0. The molecule has 0 radical (unpaired) electrons. The van der Waals surface area contributed by atoms with Gasteiger partial charge in [-0.2, -0.15) is 0 Å². The first-order chi connectivity index (χ1) is 7.96. The van der Waals surface area contributed by atoms with Crippen LogP contribution in [0.25, 0.3) is 0 Å². The number of rotatable bonds is 3. The molecule has 0 rings (SSSR count). The molecule has 0 atom stereocenters. The van der Waals surface area contributed by atoms with Crippen LogP contribution in [0.15, 0.2) is 11.8 Å². The third-order valence-corrected chi connectivity index (χ3v) is 2.13. The molecule has 0 aliphatic rings. The quantitative estimate of drug-likeness (QED) is 0.414. The molecule has 0 unspecified atom stereocenters. The monoisotopic (exact) mass is 351 g/mol. The Hall–Kier alpha value is 0.0131. The van der Waals surface area contributed by atoms with Crippen molar-refractivity contribution < 1.29 is 46.3 Å². The third kappa shape index (κ3) is 14.2.